The van der Waals surface area contributed by atoms with E-state index in [1.807, 2.05) is 30.3 Å². The van der Waals surface area contributed by atoms with Crippen LogP contribution >= 0.6 is 0 Å². The Labute approximate surface area is 666 Å². The van der Waals surface area contributed by atoms with Crippen LogP contribution in [0.1, 0.15) is 25.0 Å². The van der Waals surface area contributed by atoms with E-state index in [0.29, 0.717) is 35.3 Å². The minimum Gasteiger partial charge on any atom is -0.456 e. The first-order chi connectivity index (χ1) is 57.3. The molecule has 0 aliphatic heterocycles. The van der Waals surface area contributed by atoms with Crippen LogP contribution in [0.3, 0.4) is 0 Å². The lowest BCUT2D eigenvalue weighted by Gasteiger charge is -2.21. The molecule has 0 spiro atoms. The maximum atomic E-state index is 6.32. The molecule has 16 aromatic carbocycles. The number of rotatable bonds is 10. The normalized spacial score (nSPS) is 12.5. The molecule has 7 heterocycles. The zero-order valence-corrected chi connectivity index (χ0v) is 63.2. The molecule has 11 heteroatoms. The van der Waals surface area contributed by atoms with Gasteiger partial charge in [-0.05, 0) is 165 Å². The molecular weight excluding hydrogens is 1420 g/mol. The molecule has 0 unspecified atom stereocenters. The molecule has 0 atom stereocenters. The fraction of sp³-hybridized carbons (Fsp3) is 0.0286. The van der Waals surface area contributed by atoms with Gasteiger partial charge < -0.3 is 8.98 Å². The highest BCUT2D eigenvalue weighted by atomic mass is 16.3. The Hall–Kier alpha value is -15.5. The zero-order chi connectivity index (χ0) is 76.7. The Balaban J connectivity index is 0.000000141. The second-order valence-electron chi connectivity index (χ2n) is 30.6. The Morgan fingerprint density at radius 3 is 1.09 bits per heavy atom. The van der Waals surface area contributed by atoms with Gasteiger partial charge >= 0.3 is 0 Å². The summed E-state index contributed by atoms with van der Waals surface area (Å²) < 4.78 is 15.2. The summed E-state index contributed by atoms with van der Waals surface area (Å²) in [6.07, 6.45) is 0. The summed E-state index contributed by atoms with van der Waals surface area (Å²) in [5.74, 6) is 3.47. The van der Waals surface area contributed by atoms with Gasteiger partial charge in [-0.2, -0.15) is 24.9 Å². The molecule has 0 bridgehead atoms. The molecule has 0 amide bonds. The predicted octanol–water partition coefficient (Wildman–Crippen LogP) is 26.3. The Morgan fingerprint density at radius 1 is 0.207 bits per heavy atom. The Bertz CT molecular complexity index is 7890. The number of para-hydroxylation sites is 7. The molecule has 23 aromatic rings. The van der Waals surface area contributed by atoms with Crippen LogP contribution in [0.25, 0.3) is 211 Å². The zero-order valence-electron chi connectivity index (χ0n) is 63.2. The largest absolute Gasteiger partial charge is 0.456 e. The number of fused-ring (bicyclic) bond motifs is 18. The van der Waals surface area contributed by atoms with Crippen molar-refractivity contribution in [3.05, 3.63) is 387 Å². The van der Waals surface area contributed by atoms with Gasteiger partial charge in [0, 0.05) is 81.7 Å². The van der Waals surface area contributed by atoms with Crippen LogP contribution in [0.5, 0.6) is 0 Å². The SMILES string of the molecule is CC1(C)c2ccccc2-c2ccc(-c3nc(-c4cccc(-c5ccc6c(c5)c5ccccc5n6-c5ccccc5)c4)nc(-n4c5ccccc5c5cc(-c6ccccc6)ccc54)n3)cc21.c1ccc(-c2ccc3c(c2)c2ccccc2n3-c2nc(-c3ccc4c(c3)oc3ccccc34)nc(-n3c4ccccc4c4ccccc43)n2)cc1. The number of furan rings is 1. The molecule has 0 saturated heterocycles. The minimum absolute atomic E-state index is 0.174. The summed E-state index contributed by atoms with van der Waals surface area (Å²) in [6.45, 7) is 4.63. The number of nitrogens with zero attached hydrogens (tertiary/aromatic N) is 10. The lowest BCUT2D eigenvalue weighted by atomic mass is 9.82. The summed E-state index contributed by atoms with van der Waals surface area (Å²) in [5.41, 5.74) is 25.9. The van der Waals surface area contributed by atoms with E-state index < -0.39 is 0 Å². The third-order valence-electron chi connectivity index (χ3n) is 23.6. The molecule has 544 valence electrons. The van der Waals surface area contributed by atoms with E-state index in [1.54, 1.807) is 0 Å². The van der Waals surface area contributed by atoms with Crippen molar-refractivity contribution in [1.29, 1.82) is 0 Å². The summed E-state index contributed by atoms with van der Waals surface area (Å²) in [7, 11) is 0. The summed E-state index contributed by atoms with van der Waals surface area (Å²) >= 11 is 0. The van der Waals surface area contributed by atoms with Crippen molar-refractivity contribution >= 4 is 109 Å². The van der Waals surface area contributed by atoms with Crippen LogP contribution < -0.4 is 0 Å². The van der Waals surface area contributed by atoms with E-state index >= 15 is 0 Å². The van der Waals surface area contributed by atoms with Crippen LogP contribution in [0, 0.1) is 0 Å². The van der Waals surface area contributed by atoms with Crippen LogP contribution in [0.15, 0.2) is 381 Å². The van der Waals surface area contributed by atoms with E-state index in [4.69, 9.17) is 34.3 Å². The molecule has 1 aliphatic rings. The lowest BCUT2D eigenvalue weighted by Crippen LogP contribution is -2.15. The van der Waals surface area contributed by atoms with Crippen LogP contribution in [-0.4, -0.2) is 48.2 Å². The van der Waals surface area contributed by atoms with E-state index in [9.17, 15) is 0 Å². The second kappa shape index (κ2) is 26.3. The predicted molar refractivity (Wildman–Crippen MR) is 474 cm³/mol. The summed E-state index contributed by atoms with van der Waals surface area (Å²) in [6, 6.07) is 133. The molecule has 11 nitrogen and oxygen atoms in total. The molecule has 24 rings (SSSR count). The van der Waals surface area contributed by atoms with Crippen molar-refractivity contribution in [2.24, 2.45) is 0 Å². The standard InChI is InChI=1S/C60H41N5.C45H27N5O/c1-60(2)51-25-12-9-22-45(51)46-31-28-43(37-52(46)60)58-61-57(62-59(63-58)65-54-27-14-11-24-48(54)50-35-40(29-33-56(50)65)38-16-5-3-6-17-38)42-19-15-18-39(34-42)41-30-32-55-49(36-41)47-23-10-13-26-53(47)64(55)44-20-7-4-8-21-44;1-2-12-28(13-3-1)29-23-25-40-36(26-29)33-16-6-10-20-39(33)50(40)45-47-43(30-22-24-35-34-17-7-11-21-41(34)51-42(35)27-30)46-44(48-45)49-37-18-8-4-14-31(37)32-15-5-9-19-38(32)49/h3-37H,1-2H3;1-27H. The third kappa shape index (κ3) is 10.7. The topological polar surface area (TPSA) is 110 Å². The first kappa shape index (κ1) is 66.3. The number of hydrogen-bond donors (Lipinski definition) is 0. The number of benzene rings is 16. The van der Waals surface area contributed by atoms with E-state index in [0.717, 1.165) is 126 Å². The van der Waals surface area contributed by atoms with Crippen LogP contribution in [0.2, 0.25) is 0 Å². The monoisotopic (exact) mass is 1480 g/mol. The fourth-order valence-corrected chi connectivity index (χ4v) is 18.1. The molecule has 0 saturated carbocycles. The number of hydrogen-bond acceptors (Lipinski definition) is 7. The highest BCUT2D eigenvalue weighted by Gasteiger charge is 2.36. The van der Waals surface area contributed by atoms with Gasteiger partial charge in [0.15, 0.2) is 17.5 Å². The van der Waals surface area contributed by atoms with Crippen molar-refractivity contribution in [3.8, 4) is 102 Å². The first-order valence-corrected chi connectivity index (χ1v) is 39.3. The van der Waals surface area contributed by atoms with Crippen molar-refractivity contribution in [3.63, 3.8) is 0 Å². The first-order valence-electron chi connectivity index (χ1n) is 39.3. The molecular formula is C105H68N10O. The van der Waals surface area contributed by atoms with Crippen molar-refractivity contribution in [2.45, 2.75) is 19.3 Å². The summed E-state index contributed by atoms with van der Waals surface area (Å²) in [4.78, 5) is 31.9. The molecule has 0 N–H and O–H groups in total. The minimum atomic E-state index is -0.174. The number of aromatic nitrogens is 10. The highest BCUT2D eigenvalue weighted by Crippen LogP contribution is 2.50. The maximum Gasteiger partial charge on any atom is 0.240 e. The molecule has 0 fully saturated rings. The van der Waals surface area contributed by atoms with Crippen molar-refractivity contribution in [1.82, 2.24) is 48.2 Å². The van der Waals surface area contributed by atoms with Gasteiger partial charge in [-0.3, -0.25) is 13.7 Å². The Morgan fingerprint density at radius 2 is 0.552 bits per heavy atom. The molecule has 0 radical (unpaired) electrons. The summed E-state index contributed by atoms with van der Waals surface area (Å²) in [5, 5.41) is 11.4. The molecule has 7 aromatic heterocycles. The van der Waals surface area contributed by atoms with Crippen LogP contribution in [0.4, 0.5) is 0 Å². The smallest absolute Gasteiger partial charge is 0.240 e. The van der Waals surface area contributed by atoms with Gasteiger partial charge in [-0.1, -0.05) is 281 Å². The Kier molecular flexibility index (Phi) is 15.1. The third-order valence-corrected chi connectivity index (χ3v) is 23.6. The van der Waals surface area contributed by atoms with Gasteiger partial charge in [0.25, 0.3) is 0 Å². The van der Waals surface area contributed by atoms with Gasteiger partial charge in [0.05, 0.1) is 44.1 Å². The second-order valence-corrected chi connectivity index (χ2v) is 30.6. The maximum absolute atomic E-state index is 6.32. The van der Waals surface area contributed by atoms with Gasteiger partial charge in [0.2, 0.25) is 17.8 Å². The lowest BCUT2D eigenvalue weighted by molar-refractivity contribution is 0.660. The fourth-order valence-electron chi connectivity index (χ4n) is 18.1. The van der Waals surface area contributed by atoms with E-state index in [2.05, 4.69) is 378 Å². The average Bonchev–Trinajstić information content (AvgIpc) is 1.59. The van der Waals surface area contributed by atoms with Crippen molar-refractivity contribution < 1.29 is 4.42 Å². The average molecular weight is 1490 g/mol. The highest BCUT2D eigenvalue weighted by molar-refractivity contribution is 6.14. The van der Waals surface area contributed by atoms with E-state index in [1.165, 1.54) is 60.8 Å². The molecule has 116 heavy (non-hydrogen) atoms. The van der Waals surface area contributed by atoms with Crippen LogP contribution in [-0.2, 0) is 5.41 Å². The molecule has 1 aliphatic carbocycles. The van der Waals surface area contributed by atoms with Gasteiger partial charge in [-0.25, -0.2) is 4.98 Å². The van der Waals surface area contributed by atoms with E-state index in [-0.39, 0.29) is 5.41 Å². The van der Waals surface area contributed by atoms with Gasteiger partial charge in [-0.15, -0.1) is 0 Å². The van der Waals surface area contributed by atoms with Crippen molar-refractivity contribution in [2.75, 3.05) is 0 Å². The van der Waals surface area contributed by atoms with Gasteiger partial charge in [0.1, 0.15) is 11.2 Å². The quantitative estimate of drug-likeness (QED) is 0.134.